The Labute approximate surface area is 99.8 Å². The highest BCUT2D eigenvalue weighted by Crippen LogP contribution is 2.09. The van der Waals surface area contributed by atoms with E-state index in [2.05, 4.69) is 5.32 Å². The number of carbonyl (C=O) groups is 1. The van der Waals surface area contributed by atoms with Crippen molar-refractivity contribution in [2.24, 2.45) is 5.92 Å². The summed E-state index contributed by atoms with van der Waals surface area (Å²) in [5, 5.41) is 2.65. The molecule has 1 aromatic rings. The van der Waals surface area contributed by atoms with Gasteiger partial charge in [-0.2, -0.15) is 0 Å². The standard InChI is InChI=1S/C12H15ClFNO/c1-8-3-4-10(11(14)5-8)12(16)15-7-9(2)6-13/h3-5,9H,6-7H2,1-2H3,(H,15,16). The average molecular weight is 244 g/mol. The molecule has 1 atom stereocenters. The number of nitrogens with one attached hydrogen (secondary N) is 1. The zero-order valence-corrected chi connectivity index (χ0v) is 10.1. The molecule has 0 fully saturated rings. The minimum absolute atomic E-state index is 0.0763. The van der Waals surface area contributed by atoms with Crippen LogP contribution in [0.4, 0.5) is 4.39 Å². The number of rotatable bonds is 4. The van der Waals surface area contributed by atoms with E-state index in [0.717, 1.165) is 5.56 Å². The molecular formula is C12H15ClFNO. The number of amides is 1. The molecule has 0 aliphatic rings. The third kappa shape index (κ3) is 3.49. The lowest BCUT2D eigenvalue weighted by Gasteiger charge is -2.10. The van der Waals surface area contributed by atoms with Gasteiger partial charge in [0, 0.05) is 12.4 Å². The van der Waals surface area contributed by atoms with E-state index in [-0.39, 0.29) is 11.5 Å². The van der Waals surface area contributed by atoms with Crippen LogP contribution in [0.2, 0.25) is 0 Å². The van der Waals surface area contributed by atoms with E-state index in [4.69, 9.17) is 11.6 Å². The molecule has 0 radical (unpaired) electrons. The Morgan fingerprint density at radius 3 is 2.81 bits per heavy atom. The van der Waals surface area contributed by atoms with Gasteiger partial charge < -0.3 is 5.32 Å². The van der Waals surface area contributed by atoms with E-state index in [1.165, 1.54) is 12.1 Å². The monoisotopic (exact) mass is 243 g/mol. The minimum Gasteiger partial charge on any atom is -0.352 e. The second-order valence-corrected chi connectivity index (χ2v) is 4.26. The third-order valence-electron chi connectivity index (χ3n) is 2.24. The van der Waals surface area contributed by atoms with E-state index in [1.807, 2.05) is 6.92 Å². The normalized spacial score (nSPS) is 12.2. The van der Waals surface area contributed by atoms with Crippen molar-refractivity contribution in [1.82, 2.24) is 5.32 Å². The molecule has 1 amide bonds. The van der Waals surface area contributed by atoms with Gasteiger partial charge in [0.1, 0.15) is 5.82 Å². The molecule has 2 nitrogen and oxygen atoms in total. The molecule has 0 heterocycles. The Kier molecular flexibility index (Phi) is 4.74. The van der Waals surface area contributed by atoms with Crippen molar-refractivity contribution in [1.29, 1.82) is 0 Å². The molecule has 0 bridgehead atoms. The summed E-state index contributed by atoms with van der Waals surface area (Å²) in [6, 6.07) is 4.55. The smallest absolute Gasteiger partial charge is 0.254 e. The van der Waals surface area contributed by atoms with Crippen LogP contribution < -0.4 is 5.32 Å². The zero-order chi connectivity index (χ0) is 12.1. The summed E-state index contributed by atoms with van der Waals surface area (Å²) < 4.78 is 13.4. The lowest BCUT2D eigenvalue weighted by Crippen LogP contribution is -2.29. The fourth-order valence-corrected chi connectivity index (χ4v) is 1.33. The first kappa shape index (κ1) is 13.0. The maximum atomic E-state index is 13.4. The van der Waals surface area contributed by atoms with Crippen molar-refractivity contribution in [2.45, 2.75) is 13.8 Å². The third-order valence-corrected chi connectivity index (χ3v) is 2.77. The van der Waals surface area contributed by atoms with Crippen molar-refractivity contribution in [3.8, 4) is 0 Å². The molecule has 4 heteroatoms. The fraction of sp³-hybridized carbons (Fsp3) is 0.417. The Morgan fingerprint density at radius 2 is 2.25 bits per heavy atom. The highest BCUT2D eigenvalue weighted by molar-refractivity contribution is 6.18. The fourth-order valence-electron chi connectivity index (χ4n) is 1.22. The molecule has 0 spiro atoms. The quantitative estimate of drug-likeness (QED) is 0.810. The molecule has 0 aromatic heterocycles. The number of carbonyl (C=O) groups excluding carboxylic acids is 1. The number of benzene rings is 1. The summed E-state index contributed by atoms with van der Waals surface area (Å²) in [7, 11) is 0. The number of halogens is 2. The Hall–Kier alpha value is -1.09. The van der Waals surface area contributed by atoms with E-state index in [1.54, 1.807) is 13.0 Å². The van der Waals surface area contributed by atoms with Crippen LogP contribution in [0.15, 0.2) is 18.2 Å². The largest absolute Gasteiger partial charge is 0.352 e. The van der Waals surface area contributed by atoms with Crippen LogP contribution in [0.3, 0.4) is 0 Å². The number of aryl methyl sites for hydroxylation is 1. The molecular weight excluding hydrogens is 229 g/mol. The zero-order valence-electron chi connectivity index (χ0n) is 9.39. The molecule has 1 N–H and O–H groups in total. The van der Waals surface area contributed by atoms with Crippen LogP contribution in [0.25, 0.3) is 0 Å². The summed E-state index contributed by atoms with van der Waals surface area (Å²) in [5.74, 6) is -0.235. The van der Waals surface area contributed by atoms with Gasteiger partial charge in [0.2, 0.25) is 0 Å². The molecule has 88 valence electrons. The van der Waals surface area contributed by atoms with Gasteiger partial charge in [-0.25, -0.2) is 4.39 Å². The lowest BCUT2D eigenvalue weighted by atomic mass is 10.1. The van der Waals surface area contributed by atoms with Gasteiger partial charge in [-0.05, 0) is 30.5 Å². The summed E-state index contributed by atoms with van der Waals surface area (Å²) in [4.78, 5) is 11.6. The Bertz CT molecular complexity index is 381. The molecule has 0 aliphatic heterocycles. The second-order valence-electron chi connectivity index (χ2n) is 3.95. The predicted octanol–water partition coefficient (Wildman–Crippen LogP) is 2.74. The van der Waals surface area contributed by atoms with E-state index < -0.39 is 11.7 Å². The molecule has 0 saturated heterocycles. The first-order valence-electron chi connectivity index (χ1n) is 5.15. The van der Waals surface area contributed by atoms with Gasteiger partial charge in [0.05, 0.1) is 5.56 Å². The number of alkyl halides is 1. The van der Waals surface area contributed by atoms with Crippen LogP contribution in [-0.4, -0.2) is 18.3 Å². The lowest BCUT2D eigenvalue weighted by molar-refractivity contribution is 0.0945. The van der Waals surface area contributed by atoms with Crippen molar-refractivity contribution in [2.75, 3.05) is 12.4 Å². The first-order valence-corrected chi connectivity index (χ1v) is 5.68. The van der Waals surface area contributed by atoms with Gasteiger partial charge in [-0.3, -0.25) is 4.79 Å². The van der Waals surface area contributed by atoms with Gasteiger partial charge in [0.25, 0.3) is 5.91 Å². The van der Waals surface area contributed by atoms with Gasteiger partial charge in [-0.1, -0.05) is 13.0 Å². The molecule has 0 aliphatic carbocycles. The van der Waals surface area contributed by atoms with E-state index in [9.17, 15) is 9.18 Å². The predicted molar refractivity (Wildman–Crippen MR) is 63.4 cm³/mol. The van der Waals surface area contributed by atoms with Crippen molar-refractivity contribution < 1.29 is 9.18 Å². The maximum absolute atomic E-state index is 13.4. The van der Waals surface area contributed by atoms with E-state index in [0.29, 0.717) is 12.4 Å². The van der Waals surface area contributed by atoms with Crippen molar-refractivity contribution in [3.05, 3.63) is 35.1 Å². The SMILES string of the molecule is Cc1ccc(C(=O)NCC(C)CCl)c(F)c1. The molecule has 16 heavy (non-hydrogen) atoms. The summed E-state index contributed by atoms with van der Waals surface area (Å²) in [6.45, 7) is 4.15. The maximum Gasteiger partial charge on any atom is 0.254 e. The topological polar surface area (TPSA) is 29.1 Å². The van der Waals surface area contributed by atoms with E-state index >= 15 is 0 Å². The highest BCUT2D eigenvalue weighted by Gasteiger charge is 2.11. The second kappa shape index (κ2) is 5.85. The van der Waals surface area contributed by atoms with Crippen molar-refractivity contribution >= 4 is 17.5 Å². The first-order chi connectivity index (χ1) is 7.54. The van der Waals surface area contributed by atoms with Gasteiger partial charge in [-0.15, -0.1) is 11.6 Å². The Morgan fingerprint density at radius 1 is 1.56 bits per heavy atom. The Balaban J connectivity index is 2.66. The molecule has 1 aromatic carbocycles. The van der Waals surface area contributed by atoms with Crippen LogP contribution in [0, 0.1) is 18.7 Å². The highest BCUT2D eigenvalue weighted by atomic mass is 35.5. The van der Waals surface area contributed by atoms with Crippen LogP contribution in [0.5, 0.6) is 0 Å². The summed E-state index contributed by atoms with van der Waals surface area (Å²) >= 11 is 5.61. The van der Waals surface area contributed by atoms with Crippen molar-refractivity contribution in [3.63, 3.8) is 0 Å². The summed E-state index contributed by atoms with van der Waals surface area (Å²) in [6.07, 6.45) is 0. The minimum atomic E-state index is -0.490. The molecule has 1 rings (SSSR count). The average Bonchev–Trinajstić information content (AvgIpc) is 2.25. The van der Waals surface area contributed by atoms with Crippen LogP contribution in [-0.2, 0) is 0 Å². The van der Waals surface area contributed by atoms with Gasteiger partial charge in [0.15, 0.2) is 0 Å². The number of hydrogen-bond acceptors (Lipinski definition) is 1. The van der Waals surface area contributed by atoms with Crippen LogP contribution in [0.1, 0.15) is 22.8 Å². The van der Waals surface area contributed by atoms with Gasteiger partial charge >= 0.3 is 0 Å². The molecule has 1 unspecified atom stereocenters. The molecule has 0 saturated carbocycles. The summed E-state index contributed by atoms with van der Waals surface area (Å²) in [5.41, 5.74) is 0.871. The number of hydrogen-bond donors (Lipinski definition) is 1. The van der Waals surface area contributed by atoms with Crippen LogP contribution >= 0.6 is 11.6 Å².